The number of allylic oxidation sites excluding steroid dienone is 1. The van der Waals surface area contributed by atoms with Gasteiger partial charge in [0.25, 0.3) is 0 Å². The molecule has 1 unspecified atom stereocenters. The van der Waals surface area contributed by atoms with Crippen LogP contribution >= 0.6 is 0 Å². The molecule has 1 aliphatic heterocycles. The van der Waals surface area contributed by atoms with Crippen molar-refractivity contribution >= 4 is 0 Å². The molecular formula is C7H14N4. The minimum absolute atomic E-state index is 0.339. The number of nitrogens with one attached hydrogen (secondary N) is 4. The summed E-state index contributed by atoms with van der Waals surface area (Å²) >= 11 is 0. The van der Waals surface area contributed by atoms with E-state index in [0.717, 1.165) is 0 Å². The molecule has 4 heteroatoms. The van der Waals surface area contributed by atoms with Crippen molar-refractivity contribution in [3.05, 3.63) is 12.2 Å². The molecule has 0 amide bonds. The van der Waals surface area contributed by atoms with Crippen molar-refractivity contribution in [2.75, 3.05) is 0 Å². The van der Waals surface area contributed by atoms with Crippen molar-refractivity contribution in [3.63, 3.8) is 0 Å². The molecule has 4 nitrogen and oxygen atoms in total. The SMILES string of the molecule is C1=CC(C2NNNN2)CCC1. The lowest BCUT2D eigenvalue weighted by Gasteiger charge is -2.21. The van der Waals surface area contributed by atoms with E-state index >= 15 is 0 Å². The third-order valence-corrected chi connectivity index (χ3v) is 2.24. The fraction of sp³-hybridized carbons (Fsp3) is 0.714. The average Bonchev–Trinajstić information content (AvgIpc) is 2.58. The van der Waals surface area contributed by atoms with Gasteiger partial charge in [0.1, 0.15) is 0 Å². The Morgan fingerprint density at radius 1 is 1.18 bits per heavy atom. The summed E-state index contributed by atoms with van der Waals surface area (Å²) in [5.41, 5.74) is 11.9. The summed E-state index contributed by atoms with van der Waals surface area (Å²) in [6.07, 6.45) is 8.69. The van der Waals surface area contributed by atoms with Gasteiger partial charge < -0.3 is 0 Å². The van der Waals surface area contributed by atoms with E-state index in [1.165, 1.54) is 19.3 Å². The van der Waals surface area contributed by atoms with Crippen LogP contribution < -0.4 is 21.9 Å². The summed E-state index contributed by atoms with van der Waals surface area (Å²) in [5.74, 6) is 0.617. The lowest BCUT2D eigenvalue weighted by atomic mass is 9.94. The first-order valence-corrected chi connectivity index (χ1v) is 4.14. The summed E-state index contributed by atoms with van der Waals surface area (Å²) in [6, 6.07) is 0. The largest absolute Gasteiger partial charge is 0.224 e. The van der Waals surface area contributed by atoms with Crippen LogP contribution in [0.25, 0.3) is 0 Å². The number of rotatable bonds is 1. The Kier molecular flexibility index (Phi) is 2.18. The van der Waals surface area contributed by atoms with Crippen LogP contribution in [0, 0.1) is 5.92 Å². The second-order valence-electron chi connectivity index (χ2n) is 3.04. The quantitative estimate of drug-likeness (QED) is 0.395. The van der Waals surface area contributed by atoms with Gasteiger partial charge in [0, 0.05) is 5.92 Å². The van der Waals surface area contributed by atoms with E-state index in [0.29, 0.717) is 12.1 Å². The molecule has 1 heterocycles. The van der Waals surface area contributed by atoms with Crippen LogP contribution in [0.4, 0.5) is 0 Å². The standard InChI is InChI=1S/C7H14N4/c1-2-4-6(5-3-1)7-8-10-11-9-7/h2,4,6-11H,1,3,5H2. The zero-order chi connectivity index (χ0) is 7.52. The predicted octanol–water partition coefficient (Wildman–Crippen LogP) is -0.214. The van der Waals surface area contributed by atoms with Gasteiger partial charge in [0.05, 0.1) is 6.17 Å². The summed E-state index contributed by atoms with van der Waals surface area (Å²) in [7, 11) is 0. The summed E-state index contributed by atoms with van der Waals surface area (Å²) in [6.45, 7) is 0. The molecule has 0 bridgehead atoms. The van der Waals surface area contributed by atoms with Gasteiger partial charge in [-0.1, -0.05) is 12.2 Å². The zero-order valence-electron chi connectivity index (χ0n) is 6.43. The number of hydrogen-bond donors (Lipinski definition) is 4. The predicted molar refractivity (Wildman–Crippen MR) is 42.8 cm³/mol. The zero-order valence-corrected chi connectivity index (χ0v) is 6.43. The highest BCUT2D eigenvalue weighted by Crippen LogP contribution is 2.19. The first-order valence-electron chi connectivity index (χ1n) is 4.14. The molecule has 62 valence electrons. The van der Waals surface area contributed by atoms with E-state index in [9.17, 15) is 0 Å². The van der Waals surface area contributed by atoms with Crippen molar-refractivity contribution in [1.82, 2.24) is 21.9 Å². The van der Waals surface area contributed by atoms with Gasteiger partial charge >= 0.3 is 0 Å². The van der Waals surface area contributed by atoms with Gasteiger partial charge in [0.2, 0.25) is 0 Å². The molecule has 2 rings (SSSR count). The van der Waals surface area contributed by atoms with Crippen molar-refractivity contribution in [3.8, 4) is 0 Å². The smallest absolute Gasteiger partial charge is 0.0921 e. The highest BCUT2D eigenvalue weighted by Gasteiger charge is 2.22. The van der Waals surface area contributed by atoms with Crippen LogP contribution in [0.5, 0.6) is 0 Å². The van der Waals surface area contributed by atoms with Gasteiger partial charge in [0.15, 0.2) is 0 Å². The van der Waals surface area contributed by atoms with Crippen LogP contribution in [0.1, 0.15) is 19.3 Å². The van der Waals surface area contributed by atoms with Crippen LogP contribution in [0.3, 0.4) is 0 Å². The molecule has 0 radical (unpaired) electrons. The summed E-state index contributed by atoms with van der Waals surface area (Å²) in [5, 5.41) is 0. The molecule has 4 N–H and O–H groups in total. The minimum Gasteiger partial charge on any atom is -0.224 e. The van der Waals surface area contributed by atoms with E-state index in [1.54, 1.807) is 0 Å². The molecule has 0 spiro atoms. The Labute approximate surface area is 66.3 Å². The van der Waals surface area contributed by atoms with Crippen molar-refractivity contribution in [2.24, 2.45) is 5.92 Å². The Morgan fingerprint density at radius 2 is 2.00 bits per heavy atom. The van der Waals surface area contributed by atoms with E-state index < -0.39 is 0 Å². The van der Waals surface area contributed by atoms with Crippen molar-refractivity contribution < 1.29 is 0 Å². The van der Waals surface area contributed by atoms with Crippen molar-refractivity contribution in [1.29, 1.82) is 0 Å². The molecule has 1 fully saturated rings. The Hall–Kier alpha value is -0.420. The third kappa shape index (κ3) is 1.59. The monoisotopic (exact) mass is 154 g/mol. The average molecular weight is 154 g/mol. The molecule has 0 aromatic rings. The normalized spacial score (nSPS) is 32.9. The molecule has 1 saturated heterocycles. The van der Waals surface area contributed by atoms with Gasteiger partial charge in [-0.05, 0) is 19.3 Å². The molecule has 0 aromatic carbocycles. The maximum absolute atomic E-state index is 3.10. The molecule has 0 saturated carbocycles. The summed E-state index contributed by atoms with van der Waals surface area (Å²) < 4.78 is 0. The molecule has 2 aliphatic rings. The van der Waals surface area contributed by atoms with Crippen LogP contribution in [0.2, 0.25) is 0 Å². The molecular weight excluding hydrogens is 140 g/mol. The maximum Gasteiger partial charge on any atom is 0.0921 e. The van der Waals surface area contributed by atoms with Crippen LogP contribution in [-0.4, -0.2) is 6.17 Å². The molecule has 11 heavy (non-hydrogen) atoms. The second-order valence-corrected chi connectivity index (χ2v) is 3.04. The number of hydrogen-bond acceptors (Lipinski definition) is 4. The lowest BCUT2D eigenvalue weighted by Crippen LogP contribution is -2.40. The Balaban J connectivity index is 1.91. The second kappa shape index (κ2) is 3.32. The first kappa shape index (κ1) is 7.24. The summed E-state index contributed by atoms with van der Waals surface area (Å²) in [4.78, 5) is 0. The highest BCUT2D eigenvalue weighted by atomic mass is 15.8. The fourth-order valence-corrected chi connectivity index (χ4v) is 1.59. The Bertz CT molecular complexity index is 151. The van der Waals surface area contributed by atoms with Gasteiger partial charge in [-0.25, -0.2) is 10.9 Å². The Morgan fingerprint density at radius 3 is 2.64 bits per heavy atom. The minimum atomic E-state index is 0.339. The topological polar surface area (TPSA) is 48.1 Å². The molecule has 0 aromatic heterocycles. The van der Waals surface area contributed by atoms with E-state index in [4.69, 9.17) is 0 Å². The molecule has 1 aliphatic carbocycles. The third-order valence-electron chi connectivity index (χ3n) is 2.24. The highest BCUT2D eigenvalue weighted by molar-refractivity contribution is 4.97. The van der Waals surface area contributed by atoms with E-state index in [2.05, 4.69) is 34.1 Å². The van der Waals surface area contributed by atoms with Gasteiger partial charge in [-0.2, -0.15) is 11.1 Å². The maximum atomic E-state index is 3.10. The van der Waals surface area contributed by atoms with Crippen molar-refractivity contribution in [2.45, 2.75) is 25.4 Å². The van der Waals surface area contributed by atoms with Crippen LogP contribution in [0.15, 0.2) is 12.2 Å². The number of hydrazine groups is 3. The first-order chi connectivity index (χ1) is 5.47. The van der Waals surface area contributed by atoms with E-state index in [1.807, 2.05) is 0 Å². The van der Waals surface area contributed by atoms with Crippen LogP contribution in [-0.2, 0) is 0 Å². The molecule has 1 atom stereocenters. The lowest BCUT2D eigenvalue weighted by molar-refractivity contribution is 0.371. The van der Waals surface area contributed by atoms with E-state index in [-0.39, 0.29) is 0 Å². The van der Waals surface area contributed by atoms with Gasteiger partial charge in [-0.15, -0.1) is 0 Å². The fourth-order valence-electron chi connectivity index (χ4n) is 1.59. The van der Waals surface area contributed by atoms with Gasteiger partial charge in [-0.3, -0.25) is 0 Å².